The molecule has 185 valence electrons. The molecule has 3 aromatic heterocycles. The first kappa shape index (κ1) is 29.8. The third kappa shape index (κ3) is 12.7. The van der Waals surface area contributed by atoms with Gasteiger partial charge in [-0.05, 0) is 48.9 Å². The van der Waals surface area contributed by atoms with Crippen molar-refractivity contribution in [1.29, 1.82) is 0 Å². The zero-order valence-corrected chi connectivity index (χ0v) is 20.2. The van der Waals surface area contributed by atoms with Crippen LogP contribution in [0.2, 0.25) is 0 Å². The first-order valence-corrected chi connectivity index (χ1v) is 11.1. The van der Waals surface area contributed by atoms with Crippen molar-refractivity contribution in [3.05, 3.63) is 109 Å². The van der Waals surface area contributed by atoms with Gasteiger partial charge in [0.25, 0.3) is 0 Å². The van der Waals surface area contributed by atoms with Gasteiger partial charge in [-0.3, -0.25) is 19.9 Å². The van der Waals surface area contributed by atoms with E-state index in [0.29, 0.717) is 12.1 Å². The second-order valence-corrected chi connectivity index (χ2v) is 7.28. The third-order valence-corrected chi connectivity index (χ3v) is 4.07. The molecule has 1 aromatic carbocycles. The van der Waals surface area contributed by atoms with Gasteiger partial charge < -0.3 is 5.11 Å². The first-order valence-electron chi connectivity index (χ1n) is 9.85. The van der Waals surface area contributed by atoms with E-state index in [1.807, 2.05) is 67.6 Å². The van der Waals surface area contributed by atoms with E-state index in [2.05, 4.69) is 19.9 Å². The van der Waals surface area contributed by atoms with E-state index in [1.165, 1.54) is 0 Å². The Balaban J connectivity index is 0.000000297. The predicted octanol–water partition coefficient (Wildman–Crippen LogP) is -0.450. The Bertz CT molecular complexity index is 1110. The summed E-state index contributed by atoms with van der Waals surface area (Å²) in [6.07, 6.45) is 5.27. The molecule has 3 heterocycles. The Labute approximate surface area is 215 Å². The Morgan fingerprint density at radius 1 is 0.714 bits per heavy atom. The van der Waals surface area contributed by atoms with Crippen LogP contribution >= 0.6 is 0 Å². The van der Waals surface area contributed by atoms with E-state index in [1.54, 1.807) is 36.8 Å². The molecule has 0 saturated heterocycles. The van der Waals surface area contributed by atoms with Gasteiger partial charge in [0.2, 0.25) is 0 Å². The van der Waals surface area contributed by atoms with Gasteiger partial charge in [0.05, 0.1) is 23.6 Å². The quantitative estimate of drug-likeness (QED) is 0.246. The van der Waals surface area contributed by atoms with Gasteiger partial charge in [-0.1, -0.05) is 48.2 Å². The van der Waals surface area contributed by atoms with Crippen molar-refractivity contribution in [2.75, 3.05) is 0 Å². The molecule has 0 amide bonds. The van der Waals surface area contributed by atoms with Crippen molar-refractivity contribution in [3.8, 4) is 17.1 Å². The number of benzene rings is 1. The number of halogens is 1. The summed E-state index contributed by atoms with van der Waals surface area (Å²) in [7, 11) is -4.94. The number of nitrogens with zero attached hydrogens (tertiary/aromatic N) is 4. The Morgan fingerprint density at radius 2 is 1.17 bits per heavy atom. The molecular formula is C24H21ClCuN4O5. The summed E-state index contributed by atoms with van der Waals surface area (Å²) in [6, 6.07) is 24.2. The fraction of sp³-hybridized carbons (Fsp3) is 0.0833. The summed E-state index contributed by atoms with van der Waals surface area (Å²) < 4.78 is 34.0. The van der Waals surface area contributed by atoms with Gasteiger partial charge in [0.1, 0.15) is 0 Å². The molecule has 0 bridgehead atoms. The summed E-state index contributed by atoms with van der Waals surface area (Å²) in [6.45, 7) is 2.35. The maximum Gasteiger partial charge on any atom is 2.00 e. The molecule has 0 spiro atoms. The van der Waals surface area contributed by atoms with Crippen LogP contribution in [-0.2, 0) is 23.6 Å². The largest absolute Gasteiger partial charge is 2.00 e. The van der Waals surface area contributed by atoms with Crippen LogP contribution in [0.25, 0.3) is 11.4 Å². The number of rotatable bonds is 4. The normalized spacial score (nSPS) is 10.6. The summed E-state index contributed by atoms with van der Waals surface area (Å²) in [5.41, 5.74) is 4.14. The minimum atomic E-state index is -4.94. The first-order chi connectivity index (χ1) is 16.2. The van der Waals surface area contributed by atoms with Gasteiger partial charge >= 0.3 is 17.1 Å². The number of pyridine rings is 3. The fourth-order valence-corrected chi connectivity index (χ4v) is 2.57. The van der Waals surface area contributed by atoms with Gasteiger partial charge in [0, 0.05) is 24.3 Å². The van der Waals surface area contributed by atoms with Crippen LogP contribution in [0.3, 0.4) is 0 Å². The Hall–Kier alpha value is -3.21. The van der Waals surface area contributed by atoms with Crippen LogP contribution < -0.4 is 23.7 Å². The minimum Gasteiger partial charge on any atom is -0.872 e. The number of para-hydroxylation sites is 1. The summed E-state index contributed by atoms with van der Waals surface area (Å²) in [4.78, 5) is 16.9. The standard InChI is InChI=1S/C14H14N2O.C10H8N2.ClHO4.Cu/c1-11(13-7-2-3-8-14(13)17)16-10-12-6-4-5-9-15-12;1-3-7-11-9(5-1)10-6-2-4-8-12-10;2-1(3,4)5;/h2-9,17H,10H2,1H3;1-8H;(H,2,3,4,5);/q;;;+2/p-2. The summed E-state index contributed by atoms with van der Waals surface area (Å²) >= 11 is 0. The number of aromatic nitrogens is 3. The molecule has 0 unspecified atom stereocenters. The van der Waals surface area contributed by atoms with Crippen molar-refractivity contribution >= 4 is 5.71 Å². The smallest absolute Gasteiger partial charge is 0.872 e. The topological polar surface area (TPSA) is 166 Å². The van der Waals surface area contributed by atoms with Crippen molar-refractivity contribution in [2.24, 2.45) is 4.99 Å². The minimum absolute atomic E-state index is 0. The van der Waals surface area contributed by atoms with E-state index in [4.69, 9.17) is 18.6 Å². The van der Waals surface area contributed by atoms with Crippen LogP contribution in [-0.4, -0.2) is 20.7 Å². The molecule has 0 atom stereocenters. The summed E-state index contributed by atoms with van der Waals surface area (Å²) in [5.74, 6) is 0.00905. The molecule has 0 aliphatic rings. The average molecular weight is 544 g/mol. The molecule has 0 N–H and O–H groups in total. The Morgan fingerprint density at radius 3 is 1.60 bits per heavy atom. The molecule has 11 heteroatoms. The molecule has 35 heavy (non-hydrogen) atoms. The van der Waals surface area contributed by atoms with E-state index in [0.717, 1.165) is 22.8 Å². The zero-order valence-electron chi connectivity index (χ0n) is 18.5. The molecule has 4 rings (SSSR count). The molecule has 0 saturated carbocycles. The SMILES string of the molecule is CC(=NCc1ccccn1)c1ccccc1[O-].[Cu+2].[O-][Cl+3]([O-])([O-])[O-].c1ccc(-c2ccccn2)nc1. The number of hydrogen-bond donors (Lipinski definition) is 0. The van der Waals surface area contributed by atoms with E-state index >= 15 is 0 Å². The number of aliphatic imine (C=N–C) groups is 1. The van der Waals surface area contributed by atoms with Gasteiger partial charge in [-0.2, -0.15) is 0 Å². The van der Waals surface area contributed by atoms with Gasteiger partial charge in [0.15, 0.2) is 0 Å². The molecule has 0 aliphatic heterocycles. The Kier molecular flexibility index (Phi) is 13.3. The van der Waals surface area contributed by atoms with Crippen LogP contribution in [0.4, 0.5) is 0 Å². The summed E-state index contributed by atoms with van der Waals surface area (Å²) in [5, 5.41) is 11.6. The van der Waals surface area contributed by atoms with Crippen molar-refractivity contribution < 1.29 is 51.1 Å². The van der Waals surface area contributed by atoms with Gasteiger partial charge in [-0.25, -0.2) is 18.6 Å². The van der Waals surface area contributed by atoms with Gasteiger partial charge in [-0.15, -0.1) is 10.2 Å². The zero-order chi connectivity index (χ0) is 24.8. The van der Waals surface area contributed by atoms with Crippen LogP contribution in [0, 0.1) is 10.2 Å². The van der Waals surface area contributed by atoms with Crippen LogP contribution in [0.5, 0.6) is 5.75 Å². The molecule has 0 aliphatic carbocycles. The molecule has 1 radical (unpaired) electrons. The maximum atomic E-state index is 11.6. The van der Waals surface area contributed by atoms with Crippen molar-refractivity contribution in [3.63, 3.8) is 0 Å². The monoisotopic (exact) mass is 543 g/mol. The maximum absolute atomic E-state index is 11.6. The van der Waals surface area contributed by atoms with E-state index in [-0.39, 0.29) is 22.8 Å². The predicted molar refractivity (Wildman–Crippen MR) is 114 cm³/mol. The molecule has 4 aromatic rings. The van der Waals surface area contributed by atoms with Crippen LogP contribution in [0.15, 0.2) is 102 Å². The van der Waals surface area contributed by atoms with Crippen molar-refractivity contribution in [1.82, 2.24) is 15.0 Å². The second-order valence-electron chi connectivity index (χ2n) is 6.53. The van der Waals surface area contributed by atoms with Crippen LogP contribution in [0.1, 0.15) is 18.2 Å². The van der Waals surface area contributed by atoms with E-state index in [9.17, 15) is 5.11 Å². The average Bonchev–Trinajstić information content (AvgIpc) is 2.84. The van der Waals surface area contributed by atoms with E-state index < -0.39 is 10.2 Å². The number of hydrogen-bond acceptors (Lipinski definition) is 9. The molecule has 0 fully saturated rings. The molecular weight excluding hydrogens is 523 g/mol. The molecule has 9 nitrogen and oxygen atoms in total. The van der Waals surface area contributed by atoms with Crippen molar-refractivity contribution in [2.45, 2.75) is 13.5 Å². The fourth-order valence-electron chi connectivity index (χ4n) is 2.57. The second kappa shape index (κ2) is 15.6. The third-order valence-electron chi connectivity index (χ3n) is 4.07.